The van der Waals surface area contributed by atoms with Crippen molar-refractivity contribution in [3.8, 4) is 22.9 Å². The van der Waals surface area contributed by atoms with Gasteiger partial charge < -0.3 is 24.1 Å². The molecule has 33 heavy (non-hydrogen) atoms. The molecule has 9 nitrogen and oxygen atoms in total. The zero-order valence-corrected chi connectivity index (χ0v) is 20.0. The normalized spacial score (nSPS) is 18.9. The molecule has 1 atom stereocenters. The van der Waals surface area contributed by atoms with Crippen molar-refractivity contribution in [2.24, 2.45) is 0 Å². The van der Waals surface area contributed by atoms with Crippen LogP contribution in [0.15, 0.2) is 24.4 Å². The SMILES string of the molecule is COc1cc(-c2nc3c(c(C(C)(C)S(C)(=O)=O)n2)OCC[C@H]2COCCN32)c2cc[nH]c2c1. The summed E-state index contributed by atoms with van der Waals surface area (Å²) in [5.41, 5.74) is 2.00. The van der Waals surface area contributed by atoms with E-state index in [4.69, 9.17) is 24.2 Å². The average molecular weight is 473 g/mol. The van der Waals surface area contributed by atoms with Gasteiger partial charge in [-0.1, -0.05) is 0 Å². The Balaban J connectivity index is 1.82. The lowest BCUT2D eigenvalue weighted by molar-refractivity contribution is 0.0894. The summed E-state index contributed by atoms with van der Waals surface area (Å²) in [6, 6.07) is 5.84. The van der Waals surface area contributed by atoms with Gasteiger partial charge in [-0.25, -0.2) is 18.4 Å². The van der Waals surface area contributed by atoms with Gasteiger partial charge in [0, 0.05) is 48.0 Å². The van der Waals surface area contributed by atoms with Crippen molar-refractivity contribution in [1.82, 2.24) is 15.0 Å². The number of anilines is 1. The summed E-state index contributed by atoms with van der Waals surface area (Å²) in [6.45, 7) is 5.56. The van der Waals surface area contributed by atoms with E-state index in [9.17, 15) is 8.42 Å². The second kappa shape index (κ2) is 7.88. The highest BCUT2D eigenvalue weighted by Crippen LogP contribution is 2.44. The van der Waals surface area contributed by atoms with Crippen LogP contribution in [0, 0.1) is 0 Å². The molecule has 1 aromatic carbocycles. The largest absolute Gasteiger partial charge is 0.497 e. The van der Waals surface area contributed by atoms with E-state index in [0.717, 1.165) is 22.9 Å². The van der Waals surface area contributed by atoms with E-state index in [-0.39, 0.29) is 6.04 Å². The average Bonchev–Trinajstić information content (AvgIpc) is 3.18. The van der Waals surface area contributed by atoms with E-state index in [1.54, 1.807) is 21.0 Å². The molecule has 1 saturated heterocycles. The van der Waals surface area contributed by atoms with E-state index in [1.807, 2.05) is 24.4 Å². The second-order valence-electron chi connectivity index (χ2n) is 9.00. The first kappa shape index (κ1) is 22.0. The topological polar surface area (TPSA) is 107 Å². The molecule has 0 saturated carbocycles. The number of H-pyrrole nitrogens is 1. The van der Waals surface area contributed by atoms with E-state index >= 15 is 0 Å². The van der Waals surface area contributed by atoms with Gasteiger partial charge in [0.05, 0.1) is 33.0 Å². The van der Waals surface area contributed by atoms with Crippen LogP contribution in [0.3, 0.4) is 0 Å². The summed E-state index contributed by atoms with van der Waals surface area (Å²) in [6.07, 6.45) is 3.83. The quantitative estimate of drug-likeness (QED) is 0.618. The number of morpholine rings is 1. The minimum Gasteiger partial charge on any atom is -0.497 e. The molecule has 2 aromatic heterocycles. The number of rotatable bonds is 4. The lowest BCUT2D eigenvalue weighted by atomic mass is 10.0. The van der Waals surface area contributed by atoms with Crippen LogP contribution in [0.2, 0.25) is 0 Å². The van der Waals surface area contributed by atoms with Crippen LogP contribution < -0.4 is 14.4 Å². The fraction of sp³-hybridized carbons (Fsp3) is 0.478. The molecule has 2 aliphatic rings. The van der Waals surface area contributed by atoms with Gasteiger partial charge in [-0.15, -0.1) is 0 Å². The van der Waals surface area contributed by atoms with E-state index < -0.39 is 14.6 Å². The Hall–Kier alpha value is -2.85. The number of aromatic amines is 1. The summed E-state index contributed by atoms with van der Waals surface area (Å²) >= 11 is 0. The van der Waals surface area contributed by atoms with Crippen molar-refractivity contribution < 1.29 is 22.6 Å². The molecule has 0 spiro atoms. The second-order valence-corrected chi connectivity index (χ2v) is 11.6. The van der Waals surface area contributed by atoms with Gasteiger partial charge in [0.25, 0.3) is 0 Å². The molecule has 10 heteroatoms. The number of fused-ring (bicyclic) bond motifs is 4. The van der Waals surface area contributed by atoms with Gasteiger partial charge in [-0.05, 0) is 26.0 Å². The third-order valence-electron chi connectivity index (χ3n) is 6.66. The number of methoxy groups -OCH3 is 1. The first-order chi connectivity index (χ1) is 15.7. The molecule has 0 bridgehead atoms. The molecular weight excluding hydrogens is 444 g/mol. The summed E-state index contributed by atoms with van der Waals surface area (Å²) in [4.78, 5) is 15.2. The highest BCUT2D eigenvalue weighted by Gasteiger charge is 2.41. The lowest BCUT2D eigenvalue weighted by Crippen LogP contribution is -2.46. The van der Waals surface area contributed by atoms with Gasteiger partial charge >= 0.3 is 0 Å². The Bertz CT molecular complexity index is 1320. The summed E-state index contributed by atoms with van der Waals surface area (Å²) in [5.74, 6) is 2.14. The van der Waals surface area contributed by atoms with E-state index in [1.165, 1.54) is 6.26 Å². The molecular formula is C23H28N4O5S. The summed E-state index contributed by atoms with van der Waals surface area (Å²) < 4.78 is 41.8. The zero-order valence-electron chi connectivity index (χ0n) is 19.2. The third-order valence-corrected chi connectivity index (χ3v) is 8.71. The van der Waals surface area contributed by atoms with Crippen molar-refractivity contribution >= 4 is 26.6 Å². The number of ether oxygens (including phenoxy) is 3. The molecule has 2 aliphatic heterocycles. The zero-order chi connectivity index (χ0) is 23.4. The minimum atomic E-state index is -3.52. The van der Waals surface area contributed by atoms with Crippen LogP contribution in [0.4, 0.5) is 5.82 Å². The molecule has 5 rings (SSSR count). The first-order valence-electron chi connectivity index (χ1n) is 11.0. The molecule has 176 valence electrons. The number of aromatic nitrogens is 3. The van der Waals surface area contributed by atoms with Gasteiger partial charge in [-0.2, -0.15) is 0 Å². The maximum Gasteiger partial charge on any atom is 0.185 e. The molecule has 0 amide bonds. The van der Waals surface area contributed by atoms with Crippen LogP contribution in [0.1, 0.15) is 26.0 Å². The highest BCUT2D eigenvalue weighted by molar-refractivity contribution is 7.91. The Labute approximate surface area is 193 Å². The van der Waals surface area contributed by atoms with E-state index in [0.29, 0.717) is 55.2 Å². The van der Waals surface area contributed by atoms with Crippen LogP contribution in [-0.4, -0.2) is 69.1 Å². The predicted molar refractivity (Wildman–Crippen MR) is 126 cm³/mol. The maximum atomic E-state index is 12.9. The predicted octanol–water partition coefficient (Wildman–Crippen LogP) is 2.90. The van der Waals surface area contributed by atoms with Crippen molar-refractivity contribution in [2.45, 2.75) is 31.1 Å². The Morgan fingerprint density at radius 1 is 1.24 bits per heavy atom. The summed E-state index contributed by atoms with van der Waals surface area (Å²) in [5, 5.41) is 0.923. The van der Waals surface area contributed by atoms with Crippen molar-refractivity contribution in [3.05, 3.63) is 30.1 Å². The number of hydrogen-bond acceptors (Lipinski definition) is 8. The number of nitrogens with one attached hydrogen (secondary N) is 1. The van der Waals surface area contributed by atoms with Crippen molar-refractivity contribution in [3.63, 3.8) is 0 Å². The van der Waals surface area contributed by atoms with Crippen LogP contribution in [0.5, 0.6) is 11.5 Å². The van der Waals surface area contributed by atoms with Gasteiger partial charge in [0.1, 0.15) is 16.2 Å². The number of hydrogen-bond donors (Lipinski definition) is 1. The monoisotopic (exact) mass is 472 g/mol. The number of sulfone groups is 1. The lowest BCUT2D eigenvalue weighted by Gasteiger charge is -2.35. The van der Waals surface area contributed by atoms with Gasteiger partial charge in [0.2, 0.25) is 0 Å². The maximum absolute atomic E-state index is 12.9. The highest BCUT2D eigenvalue weighted by atomic mass is 32.2. The Morgan fingerprint density at radius 3 is 2.82 bits per heavy atom. The van der Waals surface area contributed by atoms with Gasteiger partial charge in [0.15, 0.2) is 27.2 Å². The van der Waals surface area contributed by atoms with E-state index in [2.05, 4.69) is 9.88 Å². The van der Waals surface area contributed by atoms with Crippen LogP contribution in [-0.2, 0) is 19.3 Å². The molecule has 4 heterocycles. The van der Waals surface area contributed by atoms with Crippen LogP contribution >= 0.6 is 0 Å². The number of benzene rings is 1. The fourth-order valence-corrected chi connectivity index (χ4v) is 4.87. The molecule has 3 aromatic rings. The smallest absolute Gasteiger partial charge is 0.185 e. The van der Waals surface area contributed by atoms with Crippen molar-refractivity contribution in [1.29, 1.82) is 0 Å². The standard InChI is InChI=1S/C23H28N4O5S/c1-23(2,33(4,28)29)20-19-22(27-8-10-31-13-14(27)6-9-32-19)26-21(25-20)17-11-15(30-3)12-18-16(17)5-7-24-18/h5,7,11-12,14,24H,6,8-10,13H2,1-4H3/t14-/m0/s1. The van der Waals surface area contributed by atoms with Gasteiger partial charge in [-0.3, -0.25) is 0 Å². The Kier molecular flexibility index (Phi) is 5.24. The number of nitrogens with zero attached hydrogens (tertiary/aromatic N) is 3. The molecule has 0 radical (unpaired) electrons. The molecule has 0 aliphatic carbocycles. The molecule has 0 unspecified atom stereocenters. The fourth-order valence-electron chi connectivity index (χ4n) is 4.38. The first-order valence-corrected chi connectivity index (χ1v) is 12.8. The Morgan fingerprint density at radius 2 is 2.06 bits per heavy atom. The minimum absolute atomic E-state index is 0.106. The van der Waals surface area contributed by atoms with Crippen molar-refractivity contribution in [2.75, 3.05) is 44.6 Å². The third kappa shape index (κ3) is 3.61. The molecule has 1 N–H and O–H groups in total. The summed E-state index contributed by atoms with van der Waals surface area (Å²) in [7, 11) is -1.91. The molecule has 1 fully saturated rings. The van der Waals surface area contributed by atoms with Crippen LogP contribution in [0.25, 0.3) is 22.3 Å².